The van der Waals surface area contributed by atoms with Gasteiger partial charge in [-0.05, 0) is 48.6 Å². The van der Waals surface area contributed by atoms with Crippen molar-refractivity contribution in [3.63, 3.8) is 0 Å². The Kier molecular flexibility index (Phi) is 6.42. The van der Waals surface area contributed by atoms with E-state index in [2.05, 4.69) is 6.92 Å². The maximum Gasteiger partial charge on any atom is 0.201 e. The van der Waals surface area contributed by atoms with E-state index in [0.29, 0.717) is 17.7 Å². The molecule has 0 saturated carbocycles. The normalized spacial score (nSPS) is 19.9. The number of ether oxygens (including phenoxy) is 2. The van der Waals surface area contributed by atoms with E-state index in [1.54, 1.807) is 12.1 Å². The van der Waals surface area contributed by atoms with E-state index < -0.39 is 17.5 Å². The van der Waals surface area contributed by atoms with Gasteiger partial charge in [-0.3, -0.25) is 0 Å². The van der Waals surface area contributed by atoms with Crippen molar-refractivity contribution >= 4 is 0 Å². The van der Waals surface area contributed by atoms with Crippen molar-refractivity contribution in [2.24, 2.45) is 0 Å². The molecule has 0 amide bonds. The van der Waals surface area contributed by atoms with E-state index in [0.717, 1.165) is 32.1 Å². The van der Waals surface area contributed by atoms with Gasteiger partial charge in [0.25, 0.3) is 0 Å². The molecular formula is C22H25F3O2. The lowest BCUT2D eigenvalue weighted by Gasteiger charge is -2.29. The topological polar surface area (TPSA) is 18.5 Å². The number of halogens is 3. The van der Waals surface area contributed by atoms with E-state index in [1.807, 2.05) is 0 Å². The molecule has 2 aromatic rings. The Bertz CT molecular complexity index is 783. The SMILES string of the molecule is CCCCC1CCC(c2ccc(-c3ccc(OC)c(F)c3F)cc2F)CO1. The second-order valence-corrected chi connectivity index (χ2v) is 7.05. The van der Waals surface area contributed by atoms with E-state index in [4.69, 9.17) is 9.47 Å². The van der Waals surface area contributed by atoms with Crippen molar-refractivity contribution in [1.29, 1.82) is 0 Å². The molecule has 0 bridgehead atoms. The number of hydrogen-bond acceptors (Lipinski definition) is 2. The molecular weight excluding hydrogens is 353 g/mol. The first-order valence-corrected chi connectivity index (χ1v) is 9.48. The molecule has 5 heteroatoms. The van der Waals surface area contributed by atoms with Gasteiger partial charge in [-0.25, -0.2) is 8.78 Å². The van der Waals surface area contributed by atoms with Gasteiger partial charge in [0.1, 0.15) is 5.82 Å². The zero-order chi connectivity index (χ0) is 19.4. The largest absolute Gasteiger partial charge is 0.494 e. The van der Waals surface area contributed by atoms with Crippen LogP contribution < -0.4 is 4.74 Å². The van der Waals surface area contributed by atoms with Gasteiger partial charge in [0.2, 0.25) is 5.82 Å². The molecule has 2 nitrogen and oxygen atoms in total. The first kappa shape index (κ1) is 19.7. The minimum Gasteiger partial charge on any atom is -0.494 e. The molecule has 0 N–H and O–H groups in total. The van der Waals surface area contributed by atoms with Crippen molar-refractivity contribution in [1.82, 2.24) is 0 Å². The number of hydrogen-bond donors (Lipinski definition) is 0. The fraction of sp³-hybridized carbons (Fsp3) is 0.455. The maximum absolute atomic E-state index is 14.7. The monoisotopic (exact) mass is 378 g/mol. The van der Waals surface area contributed by atoms with Crippen molar-refractivity contribution in [2.45, 2.75) is 51.0 Å². The predicted octanol–water partition coefficient (Wildman–Crippen LogP) is 6.23. The van der Waals surface area contributed by atoms with Crippen molar-refractivity contribution in [3.8, 4) is 16.9 Å². The van der Waals surface area contributed by atoms with E-state index in [9.17, 15) is 13.2 Å². The Hall–Kier alpha value is -2.01. The van der Waals surface area contributed by atoms with Crippen LogP contribution in [-0.2, 0) is 4.74 Å². The van der Waals surface area contributed by atoms with Gasteiger partial charge < -0.3 is 9.47 Å². The Morgan fingerprint density at radius 3 is 2.52 bits per heavy atom. The van der Waals surface area contributed by atoms with Gasteiger partial charge in [0, 0.05) is 11.5 Å². The third kappa shape index (κ3) is 4.29. The smallest absolute Gasteiger partial charge is 0.201 e. The molecule has 1 aliphatic rings. The molecule has 3 rings (SSSR count). The van der Waals surface area contributed by atoms with Crippen LogP contribution in [0, 0.1) is 17.5 Å². The van der Waals surface area contributed by atoms with Gasteiger partial charge in [-0.2, -0.15) is 4.39 Å². The number of benzene rings is 2. The second-order valence-electron chi connectivity index (χ2n) is 7.05. The van der Waals surface area contributed by atoms with Crippen molar-refractivity contribution in [2.75, 3.05) is 13.7 Å². The molecule has 1 saturated heterocycles. The number of methoxy groups -OCH3 is 1. The van der Waals surface area contributed by atoms with Crippen LogP contribution in [0.2, 0.25) is 0 Å². The van der Waals surface area contributed by atoms with Gasteiger partial charge in [0.15, 0.2) is 11.6 Å². The summed E-state index contributed by atoms with van der Waals surface area (Å²) in [7, 11) is 1.27. The van der Waals surface area contributed by atoms with Crippen LogP contribution in [0.1, 0.15) is 50.5 Å². The Labute approximate surface area is 158 Å². The quantitative estimate of drug-likeness (QED) is 0.593. The van der Waals surface area contributed by atoms with Crippen molar-refractivity contribution in [3.05, 3.63) is 53.3 Å². The third-order valence-corrected chi connectivity index (χ3v) is 5.27. The average molecular weight is 378 g/mol. The molecule has 2 atom stereocenters. The molecule has 2 unspecified atom stereocenters. The summed E-state index contributed by atoms with van der Waals surface area (Å²) in [6, 6.07) is 7.29. The average Bonchev–Trinajstić information content (AvgIpc) is 2.69. The molecule has 0 spiro atoms. The summed E-state index contributed by atoms with van der Waals surface area (Å²) in [5.74, 6) is -2.71. The molecule has 27 heavy (non-hydrogen) atoms. The van der Waals surface area contributed by atoms with Crippen molar-refractivity contribution < 1.29 is 22.6 Å². The Balaban J connectivity index is 1.76. The molecule has 146 valence electrons. The van der Waals surface area contributed by atoms with Gasteiger partial charge in [-0.15, -0.1) is 0 Å². The first-order chi connectivity index (χ1) is 13.0. The lowest BCUT2D eigenvalue weighted by atomic mass is 9.88. The molecule has 1 fully saturated rings. The fourth-order valence-corrected chi connectivity index (χ4v) is 3.65. The first-order valence-electron chi connectivity index (χ1n) is 9.48. The highest BCUT2D eigenvalue weighted by Gasteiger charge is 2.25. The maximum atomic E-state index is 14.7. The lowest BCUT2D eigenvalue weighted by molar-refractivity contribution is -0.00249. The summed E-state index contributed by atoms with van der Waals surface area (Å²) in [4.78, 5) is 0. The van der Waals surface area contributed by atoms with Gasteiger partial charge in [-0.1, -0.05) is 31.9 Å². The van der Waals surface area contributed by atoms with Crippen LogP contribution in [0.5, 0.6) is 5.75 Å². The van der Waals surface area contributed by atoms with Crippen LogP contribution in [0.15, 0.2) is 30.3 Å². The van der Waals surface area contributed by atoms with Crippen LogP contribution in [0.3, 0.4) is 0 Å². The highest BCUT2D eigenvalue weighted by molar-refractivity contribution is 5.66. The summed E-state index contributed by atoms with van der Waals surface area (Å²) >= 11 is 0. The summed E-state index contributed by atoms with van der Waals surface area (Å²) in [6.45, 7) is 2.65. The summed E-state index contributed by atoms with van der Waals surface area (Å²) in [5.41, 5.74) is 0.883. The summed E-state index contributed by atoms with van der Waals surface area (Å²) < 4.78 is 53.6. The highest BCUT2D eigenvalue weighted by Crippen LogP contribution is 2.35. The highest BCUT2D eigenvalue weighted by atomic mass is 19.2. The Morgan fingerprint density at radius 1 is 1.07 bits per heavy atom. The van der Waals surface area contributed by atoms with E-state index in [-0.39, 0.29) is 23.3 Å². The summed E-state index contributed by atoms with van der Waals surface area (Å²) in [6.07, 6.45) is 5.39. The molecule has 2 aromatic carbocycles. The summed E-state index contributed by atoms with van der Waals surface area (Å²) in [5, 5.41) is 0. The predicted molar refractivity (Wildman–Crippen MR) is 99.5 cm³/mol. The minimum absolute atomic E-state index is 0.00521. The lowest BCUT2D eigenvalue weighted by Crippen LogP contribution is -2.25. The van der Waals surface area contributed by atoms with Gasteiger partial charge in [0.05, 0.1) is 19.8 Å². The van der Waals surface area contributed by atoms with E-state index in [1.165, 1.54) is 25.3 Å². The molecule has 0 aromatic heterocycles. The number of rotatable bonds is 6. The molecule has 0 aliphatic carbocycles. The fourth-order valence-electron chi connectivity index (χ4n) is 3.65. The standard InChI is InChI=1S/C22H25F3O2/c1-3-4-5-16-8-6-15(13-27-16)17-9-7-14(12-19(17)23)18-10-11-20(26-2)22(25)21(18)24/h7,9-12,15-16H,3-6,8,13H2,1-2H3. The van der Waals surface area contributed by atoms with Crippen LogP contribution in [0.25, 0.3) is 11.1 Å². The third-order valence-electron chi connectivity index (χ3n) is 5.27. The molecule has 1 aliphatic heterocycles. The zero-order valence-electron chi connectivity index (χ0n) is 15.7. The second kappa shape index (κ2) is 8.79. The zero-order valence-corrected chi connectivity index (χ0v) is 15.7. The van der Waals surface area contributed by atoms with Gasteiger partial charge >= 0.3 is 0 Å². The minimum atomic E-state index is -1.07. The van der Waals surface area contributed by atoms with E-state index >= 15 is 0 Å². The van der Waals surface area contributed by atoms with Crippen LogP contribution in [0.4, 0.5) is 13.2 Å². The molecule has 1 heterocycles. The Morgan fingerprint density at radius 2 is 1.89 bits per heavy atom. The number of unbranched alkanes of at least 4 members (excludes halogenated alkanes) is 1. The van der Waals surface area contributed by atoms with Crippen LogP contribution in [-0.4, -0.2) is 19.8 Å². The molecule has 0 radical (unpaired) electrons. The van der Waals surface area contributed by atoms with Crippen LogP contribution >= 0.6 is 0 Å².